The molecule has 0 fully saturated rings. The van der Waals surface area contributed by atoms with E-state index in [2.05, 4.69) is 37.7 Å². The minimum Gasteiger partial charge on any atom is -0.497 e. The van der Waals surface area contributed by atoms with Crippen molar-refractivity contribution in [2.75, 3.05) is 24.3 Å². The molecule has 0 radical (unpaired) electrons. The number of methoxy groups -OCH3 is 1. The molecule has 7 nitrogen and oxygen atoms in total. The number of aryl methyl sites for hydroxylation is 1. The van der Waals surface area contributed by atoms with E-state index in [0.29, 0.717) is 11.9 Å². The number of hydrogen-bond acceptors (Lipinski definition) is 6. The van der Waals surface area contributed by atoms with E-state index in [1.165, 1.54) is 5.56 Å². The van der Waals surface area contributed by atoms with Gasteiger partial charge in [-0.1, -0.05) is 24.3 Å². The summed E-state index contributed by atoms with van der Waals surface area (Å²) in [5.74, 6) is 2.85. The first kappa shape index (κ1) is 17.8. The van der Waals surface area contributed by atoms with Crippen LogP contribution in [0.15, 0.2) is 60.8 Å². The molecule has 0 atom stereocenters. The number of anilines is 3. The van der Waals surface area contributed by atoms with Crippen LogP contribution in [0.4, 0.5) is 17.7 Å². The summed E-state index contributed by atoms with van der Waals surface area (Å²) < 4.78 is 7.17. The fourth-order valence-electron chi connectivity index (χ4n) is 3.00. The summed E-state index contributed by atoms with van der Waals surface area (Å²) in [6, 6.07) is 17.9. The van der Waals surface area contributed by atoms with Crippen LogP contribution >= 0.6 is 0 Å². The summed E-state index contributed by atoms with van der Waals surface area (Å²) in [4.78, 5) is 13.4. The highest BCUT2D eigenvalue weighted by atomic mass is 16.5. The van der Waals surface area contributed by atoms with Crippen LogP contribution in [-0.2, 0) is 13.5 Å². The van der Waals surface area contributed by atoms with Crippen molar-refractivity contribution in [2.24, 2.45) is 7.05 Å². The van der Waals surface area contributed by atoms with Crippen LogP contribution in [0, 0.1) is 0 Å². The smallest absolute Gasteiger partial charge is 0.231 e. The van der Waals surface area contributed by atoms with Crippen LogP contribution in [0.25, 0.3) is 11.0 Å². The van der Waals surface area contributed by atoms with Gasteiger partial charge in [0.05, 0.1) is 18.1 Å². The molecule has 0 amide bonds. The topological polar surface area (TPSA) is 76.9 Å². The van der Waals surface area contributed by atoms with Gasteiger partial charge in [-0.3, -0.25) is 5.32 Å². The molecule has 4 rings (SSSR count). The minimum atomic E-state index is 0.507. The highest BCUT2D eigenvalue weighted by Crippen LogP contribution is 2.20. The molecular weight excluding hydrogens is 352 g/mol. The van der Waals surface area contributed by atoms with E-state index in [1.54, 1.807) is 13.3 Å². The number of nitrogens with one attached hydrogen (secondary N) is 2. The molecule has 0 unspecified atom stereocenters. The maximum atomic E-state index is 5.19. The van der Waals surface area contributed by atoms with E-state index in [1.807, 2.05) is 54.1 Å². The molecule has 0 saturated carbocycles. The number of benzene rings is 2. The monoisotopic (exact) mass is 374 g/mol. The second kappa shape index (κ2) is 7.96. The normalized spacial score (nSPS) is 10.8. The zero-order valence-corrected chi connectivity index (χ0v) is 15.9. The zero-order chi connectivity index (χ0) is 19.3. The van der Waals surface area contributed by atoms with Crippen molar-refractivity contribution in [1.29, 1.82) is 0 Å². The van der Waals surface area contributed by atoms with E-state index < -0.39 is 0 Å². The SMILES string of the molecule is COc1ccc(CCNc2ccnc(Nc3nc4ccccc4n3C)n2)cc1. The molecule has 2 aromatic heterocycles. The van der Waals surface area contributed by atoms with Gasteiger partial charge in [0.15, 0.2) is 0 Å². The highest BCUT2D eigenvalue weighted by molar-refractivity contribution is 5.79. The molecule has 2 heterocycles. The molecule has 142 valence electrons. The quantitative estimate of drug-likeness (QED) is 0.513. The molecule has 0 spiro atoms. The summed E-state index contributed by atoms with van der Waals surface area (Å²) in [5.41, 5.74) is 3.22. The number of nitrogens with zero attached hydrogens (tertiary/aromatic N) is 4. The number of fused-ring (bicyclic) bond motifs is 1. The Balaban J connectivity index is 1.40. The van der Waals surface area contributed by atoms with Crippen LogP contribution in [0.5, 0.6) is 5.75 Å². The lowest BCUT2D eigenvalue weighted by Crippen LogP contribution is -2.08. The summed E-state index contributed by atoms with van der Waals surface area (Å²) in [6.45, 7) is 0.773. The van der Waals surface area contributed by atoms with Gasteiger partial charge < -0.3 is 14.6 Å². The third-order valence-electron chi connectivity index (χ3n) is 4.55. The van der Waals surface area contributed by atoms with Crippen LogP contribution in [0.2, 0.25) is 0 Å². The summed E-state index contributed by atoms with van der Waals surface area (Å²) >= 11 is 0. The van der Waals surface area contributed by atoms with Gasteiger partial charge in [-0.25, -0.2) is 9.97 Å². The summed E-state index contributed by atoms with van der Waals surface area (Å²) in [5, 5.41) is 6.54. The number of ether oxygens (including phenoxy) is 1. The maximum absolute atomic E-state index is 5.19. The molecule has 7 heteroatoms. The van der Waals surface area contributed by atoms with Gasteiger partial charge in [-0.2, -0.15) is 4.98 Å². The molecule has 0 bridgehead atoms. The van der Waals surface area contributed by atoms with Crippen LogP contribution < -0.4 is 15.4 Å². The van der Waals surface area contributed by atoms with Gasteiger partial charge in [0.2, 0.25) is 11.9 Å². The molecule has 0 aliphatic heterocycles. The van der Waals surface area contributed by atoms with E-state index in [0.717, 1.165) is 35.6 Å². The largest absolute Gasteiger partial charge is 0.497 e. The second-order valence-corrected chi connectivity index (χ2v) is 6.40. The van der Waals surface area contributed by atoms with Crippen LogP contribution in [-0.4, -0.2) is 33.2 Å². The van der Waals surface area contributed by atoms with Crippen molar-refractivity contribution < 1.29 is 4.74 Å². The molecular formula is C21H22N6O. The van der Waals surface area contributed by atoms with Crippen molar-refractivity contribution in [1.82, 2.24) is 19.5 Å². The van der Waals surface area contributed by atoms with Gasteiger partial charge >= 0.3 is 0 Å². The number of para-hydroxylation sites is 2. The molecule has 4 aromatic rings. The Kier molecular flexibility index (Phi) is 5.05. The first-order valence-corrected chi connectivity index (χ1v) is 9.11. The predicted octanol–water partition coefficient (Wildman–Crippen LogP) is 3.77. The number of aromatic nitrogens is 4. The fraction of sp³-hybridized carbons (Fsp3) is 0.190. The second-order valence-electron chi connectivity index (χ2n) is 6.40. The van der Waals surface area contributed by atoms with E-state index >= 15 is 0 Å². The summed E-state index contributed by atoms with van der Waals surface area (Å²) in [7, 11) is 3.64. The Morgan fingerprint density at radius 1 is 1.00 bits per heavy atom. The van der Waals surface area contributed by atoms with Crippen LogP contribution in [0.1, 0.15) is 5.56 Å². The Morgan fingerprint density at radius 2 is 1.82 bits per heavy atom. The standard InChI is InChI=1S/C21H22N6O/c1-27-18-6-4-3-5-17(18)24-21(27)26-20-23-14-12-19(25-20)22-13-11-15-7-9-16(28-2)10-8-15/h3-10,12,14H,11,13H2,1-2H3,(H2,22,23,24,25,26). The van der Waals surface area contributed by atoms with Gasteiger partial charge in [-0.05, 0) is 42.3 Å². The third kappa shape index (κ3) is 3.88. The first-order chi connectivity index (χ1) is 13.7. The Morgan fingerprint density at radius 3 is 2.61 bits per heavy atom. The van der Waals surface area contributed by atoms with Crippen LogP contribution in [0.3, 0.4) is 0 Å². The zero-order valence-electron chi connectivity index (χ0n) is 15.9. The molecule has 0 aliphatic carbocycles. The Bertz CT molecular complexity index is 1070. The van der Waals surface area contributed by atoms with E-state index in [-0.39, 0.29) is 0 Å². The average molecular weight is 374 g/mol. The maximum Gasteiger partial charge on any atom is 0.231 e. The lowest BCUT2D eigenvalue weighted by Gasteiger charge is -2.09. The average Bonchev–Trinajstić information content (AvgIpc) is 3.04. The lowest BCUT2D eigenvalue weighted by atomic mass is 10.1. The van der Waals surface area contributed by atoms with Crippen molar-refractivity contribution in [2.45, 2.75) is 6.42 Å². The molecule has 0 saturated heterocycles. The van der Waals surface area contributed by atoms with Crippen molar-refractivity contribution in [3.8, 4) is 5.75 Å². The van der Waals surface area contributed by atoms with Gasteiger partial charge in [-0.15, -0.1) is 0 Å². The van der Waals surface area contributed by atoms with Gasteiger partial charge in [0.25, 0.3) is 0 Å². The molecule has 28 heavy (non-hydrogen) atoms. The molecule has 2 aromatic carbocycles. The summed E-state index contributed by atoms with van der Waals surface area (Å²) in [6.07, 6.45) is 2.62. The van der Waals surface area contributed by atoms with Crippen molar-refractivity contribution in [3.63, 3.8) is 0 Å². The Hall–Kier alpha value is -3.61. The number of imidazole rings is 1. The Labute approximate surface area is 163 Å². The van der Waals surface area contributed by atoms with E-state index in [9.17, 15) is 0 Å². The number of rotatable bonds is 7. The van der Waals surface area contributed by atoms with Gasteiger partial charge in [0, 0.05) is 19.8 Å². The fourth-order valence-corrected chi connectivity index (χ4v) is 3.00. The molecule has 0 aliphatic rings. The first-order valence-electron chi connectivity index (χ1n) is 9.11. The lowest BCUT2D eigenvalue weighted by molar-refractivity contribution is 0.414. The van der Waals surface area contributed by atoms with E-state index in [4.69, 9.17) is 4.74 Å². The molecule has 2 N–H and O–H groups in total. The number of hydrogen-bond donors (Lipinski definition) is 2. The van der Waals surface area contributed by atoms with Gasteiger partial charge in [0.1, 0.15) is 11.6 Å². The third-order valence-corrected chi connectivity index (χ3v) is 4.55. The predicted molar refractivity (Wildman–Crippen MR) is 111 cm³/mol. The highest BCUT2D eigenvalue weighted by Gasteiger charge is 2.08. The minimum absolute atomic E-state index is 0.507. The van der Waals surface area contributed by atoms with Crippen molar-refractivity contribution >= 4 is 28.7 Å². The van der Waals surface area contributed by atoms with Crippen molar-refractivity contribution in [3.05, 3.63) is 66.4 Å².